The van der Waals surface area contributed by atoms with Crippen molar-refractivity contribution in [2.45, 2.75) is 32.4 Å². The van der Waals surface area contributed by atoms with Crippen LogP contribution in [-0.4, -0.2) is 24.2 Å². The highest BCUT2D eigenvalue weighted by atomic mass is 19.1. The number of methoxy groups -OCH3 is 1. The predicted molar refractivity (Wildman–Crippen MR) is 66.2 cm³/mol. The molecule has 0 aliphatic heterocycles. The van der Waals surface area contributed by atoms with Crippen LogP contribution in [0.5, 0.6) is 5.75 Å². The molecule has 0 saturated heterocycles. The largest absolute Gasteiger partial charge is 0.494 e. The normalized spacial score (nSPS) is 14.0. The van der Waals surface area contributed by atoms with Crippen molar-refractivity contribution in [3.63, 3.8) is 0 Å². The maximum absolute atomic E-state index is 13.5. The van der Waals surface area contributed by atoms with Crippen molar-refractivity contribution < 1.29 is 19.0 Å². The van der Waals surface area contributed by atoms with Crippen LogP contribution in [0.4, 0.5) is 4.39 Å². The van der Waals surface area contributed by atoms with Gasteiger partial charge in [0.15, 0.2) is 11.6 Å². The third-order valence-corrected chi connectivity index (χ3v) is 2.83. The van der Waals surface area contributed by atoms with E-state index in [0.717, 1.165) is 0 Å². The summed E-state index contributed by atoms with van der Waals surface area (Å²) in [6, 6.07) is 3.72. The SMILES string of the molecule is CCC(NC(C)c1ccc(OC)c(F)c1)C(=O)O. The zero-order chi connectivity index (χ0) is 13.7. The molecule has 0 aliphatic rings. The molecule has 0 fully saturated rings. The first-order valence-corrected chi connectivity index (χ1v) is 5.81. The second kappa shape index (κ2) is 6.35. The molecule has 0 saturated carbocycles. The Kier molecular flexibility index (Phi) is 5.09. The van der Waals surface area contributed by atoms with Crippen LogP contribution in [0, 0.1) is 5.82 Å². The molecular formula is C13H18FNO3. The number of rotatable bonds is 6. The quantitative estimate of drug-likeness (QED) is 0.819. The Morgan fingerprint density at radius 2 is 2.22 bits per heavy atom. The van der Waals surface area contributed by atoms with Gasteiger partial charge in [-0.15, -0.1) is 0 Å². The van der Waals surface area contributed by atoms with E-state index in [4.69, 9.17) is 9.84 Å². The summed E-state index contributed by atoms with van der Waals surface area (Å²) >= 11 is 0. The standard InChI is InChI=1S/C13H18FNO3/c1-4-11(13(16)17)15-8(2)9-5-6-12(18-3)10(14)7-9/h5-8,11,15H,4H2,1-3H3,(H,16,17). The van der Waals surface area contributed by atoms with E-state index in [0.29, 0.717) is 12.0 Å². The van der Waals surface area contributed by atoms with Crippen LogP contribution >= 0.6 is 0 Å². The van der Waals surface area contributed by atoms with Gasteiger partial charge >= 0.3 is 5.97 Å². The molecule has 0 amide bonds. The van der Waals surface area contributed by atoms with E-state index in [1.807, 2.05) is 0 Å². The third-order valence-electron chi connectivity index (χ3n) is 2.83. The van der Waals surface area contributed by atoms with E-state index in [1.54, 1.807) is 19.9 Å². The van der Waals surface area contributed by atoms with Gasteiger partial charge in [0.25, 0.3) is 0 Å². The number of aliphatic carboxylic acids is 1. The zero-order valence-electron chi connectivity index (χ0n) is 10.7. The van der Waals surface area contributed by atoms with Gasteiger partial charge in [-0.05, 0) is 31.0 Å². The molecule has 0 spiro atoms. The van der Waals surface area contributed by atoms with E-state index >= 15 is 0 Å². The predicted octanol–water partition coefficient (Wildman–Crippen LogP) is 2.35. The summed E-state index contributed by atoms with van der Waals surface area (Å²) in [6.07, 6.45) is 0.471. The first-order chi connectivity index (χ1) is 8.49. The maximum Gasteiger partial charge on any atom is 0.320 e. The number of nitrogens with one attached hydrogen (secondary N) is 1. The van der Waals surface area contributed by atoms with Crippen LogP contribution in [0.25, 0.3) is 0 Å². The summed E-state index contributed by atoms with van der Waals surface area (Å²) in [7, 11) is 1.40. The van der Waals surface area contributed by atoms with Crippen LogP contribution in [0.15, 0.2) is 18.2 Å². The number of hydrogen-bond acceptors (Lipinski definition) is 3. The molecule has 100 valence electrons. The van der Waals surface area contributed by atoms with E-state index in [1.165, 1.54) is 19.2 Å². The molecule has 18 heavy (non-hydrogen) atoms. The van der Waals surface area contributed by atoms with Crippen molar-refractivity contribution in [1.29, 1.82) is 0 Å². The van der Waals surface area contributed by atoms with Gasteiger partial charge in [0.05, 0.1) is 7.11 Å². The maximum atomic E-state index is 13.5. The molecular weight excluding hydrogens is 237 g/mol. The number of carboxylic acids is 1. The molecule has 1 aromatic carbocycles. The van der Waals surface area contributed by atoms with Gasteiger partial charge in [0, 0.05) is 6.04 Å². The average molecular weight is 255 g/mol. The Bertz CT molecular complexity index is 423. The fourth-order valence-corrected chi connectivity index (χ4v) is 1.71. The molecule has 1 rings (SSSR count). The van der Waals surface area contributed by atoms with Crippen LogP contribution < -0.4 is 10.1 Å². The first kappa shape index (κ1) is 14.4. The monoisotopic (exact) mass is 255 g/mol. The number of halogens is 1. The summed E-state index contributed by atoms with van der Waals surface area (Å²) in [5.41, 5.74) is 0.688. The first-order valence-electron chi connectivity index (χ1n) is 5.81. The summed E-state index contributed by atoms with van der Waals surface area (Å²) in [6.45, 7) is 3.58. The average Bonchev–Trinajstić information content (AvgIpc) is 2.35. The van der Waals surface area contributed by atoms with Gasteiger partial charge < -0.3 is 9.84 Å². The summed E-state index contributed by atoms with van der Waals surface area (Å²) in [5, 5.41) is 11.9. The van der Waals surface area contributed by atoms with Crippen molar-refractivity contribution in [3.05, 3.63) is 29.6 Å². The van der Waals surface area contributed by atoms with Crippen molar-refractivity contribution in [2.75, 3.05) is 7.11 Å². The minimum Gasteiger partial charge on any atom is -0.494 e. The molecule has 5 heteroatoms. The van der Waals surface area contributed by atoms with Gasteiger partial charge in [-0.25, -0.2) is 4.39 Å². The van der Waals surface area contributed by atoms with Gasteiger partial charge in [-0.1, -0.05) is 13.0 Å². The lowest BCUT2D eigenvalue weighted by Gasteiger charge is -2.19. The Morgan fingerprint density at radius 1 is 1.56 bits per heavy atom. The molecule has 2 N–H and O–H groups in total. The Morgan fingerprint density at radius 3 is 2.67 bits per heavy atom. The Balaban J connectivity index is 2.81. The van der Waals surface area contributed by atoms with Crippen LogP contribution in [0.3, 0.4) is 0 Å². The lowest BCUT2D eigenvalue weighted by atomic mass is 10.1. The lowest BCUT2D eigenvalue weighted by molar-refractivity contribution is -0.139. The van der Waals surface area contributed by atoms with Gasteiger partial charge in [0.1, 0.15) is 6.04 Å². The van der Waals surface area contributed by atoms with Crippen LogP contribution in [0.1, 0.15) is 31.9 Å². The fraction of sp³-hybridized carbons (Fsp3) is 0.462. The summed E-state index contributed by atoms with van der Waals surface area (Å²) in [5.74, 6) is -1.18. The van der Waals surface area contributed by atoms with Crippen LogP contribution in [0.2, 0.25) is 0 Å². The molecule has 2 atom stereocenters. The van der Waals surface area contributed by atoms with Crippen molar-refractivity contribution in [3.8, 4) is 5.75 Å². The molecule has 0 aromatic heterocycles. The third kappa shape index (κ3) is 3.43. The fourth-order valence-electron chi connectivity index (χ4n) is 1.71. The molecule has 0 radical (unpaired) electrons. The number of benzene rings is 1. The number of carboxylic acid groups (broad SMARTS) is 1. The summed E-state index contributed by atoms with van der Waals surface area (Å²) in [4.78, 5) is 10.9. The lowest BCUT2D eigenvalue weighted by Crippen LogP contribution is -2.37. The molecule has 0 aliphatic carbocycles. The van der Waals surface area contributed by atoms with Crippen molar-refractivity contribution in [1.82, 2.24) is 5.32 Å². The van der Waals surface area contributed by atoms with Gasteiger partial charge in [-0.2, -0.15) is 0 Å². The molecule has 1 aromatic rings. The van der Waals surface area contributed by atoms with Gasteiger partial charge in [0.2, 0.25) is 0 Å². The van der Waals surface area contributed by atoms with E-state index in [-0.39, 0.29) is 11.8 Å². The van der Waals surface area contributed by atoms with Crippen LogP contribution in [-0.2, 0) is 4.79 Å². The van der Waals surface area contributed by atoms with E-state index < -0.39 is 17.8 Å². The smallest absolute Gasteiger partial charge is 0.320 e. The van der Waals surface area contributed by atoms with Crippen molar-refractivity contribution >= 4 is 5.97 Å². The van der Waals surface area contributed by atoms with Gasteiger partial charge in [-0.3, -0.25) is 10.1 Å². The summed E-state index contributed by atoms with van der Waals surface area (Å²) < 4.78 is 18.4. The topological polar surface area (TPSA) is 58.6 Å². The minimum atomic E-state index is -0.904. The second-order valence-corrected chi connectivity index (χ2v) is 4.08. The Labute approximate surface area is 106 Å². The Hall–Kier alpha value is -1.62. The highest BCUT2D eigenvalue weighted by Crippen LogP contribution is 2.22. The van der Waals surface area contributed by atoms with E-state index in [9.17, 15) is 9.18 Å². The van der Waals surface area contributed by atoms with Crippen molar-refractivity contribution in [2.24, 2.45) is 0 Å². The zero-order valence-corrected chi connectivity index (χ0v) is 10.7. The second-order valence-electron chi connectivity index (χ2n) is 4.08. The minimum absolute atomic E-state index is 0.177. The highest BCUT2D eigenvalue weighted by Gasteiger charge is 2.18. The molecule has 2 unspecified atom stereocenters. The number of carbonyl (C=O) groups is 1. The number of ether oxygens (including phenoxy) is 1. The molecule has 0 heterocycles. The highest BCUT2D eigenvalue weighted by molar-refractivity contribution is 5.73. The molecule has 4 nitrogen and oxygen atoms in total. The van der Waals surface area contributed by atoms with E-state index in [2.05, 4.69) is 5.32 Å². The molecule has 0 bridgehead atoms. The number of hydrogen-bond donors (Lipinski definition) is 2.